The van der Waals surface area contributed by atoms with Gasteiger partial charge in [0.05, 0.1) is 14.1 Å². The predicted molar refractivity (Wildman–Crippen MR) is 71.2 cm³/mol. The Hall–Kier alpha value is -2.64. The fourth-order valence-electron chi connectivity index (χ4n) is 1.19. The van der Waals surface area contributed by atoms with Crippen LogP contribution in [0, 0.1) is 5.82 Å². The van der Waals surface area contributed by atoms with Gasteiger partial charge < -0.3 is 10.1 Å². The molecule has 0 aliphatic rings. The number of alkyl carbamates (subject to hydrolysis) is 1. The van der Waals surface area contributed by atoms with Crippen molar-refractivity contribution in [3.8, 4) is 0 Å². The summed E-state index contributed by atoms with van der Waals surface area (Å²) >= 11 is 0. The van der Waals surface area contributed by atoms with Crippen LogP contribution in [0.5, 0.6) is 0 Å². The average Bonchev–Trinajstić information content (AvgIpc) is 2.37. The maximum absolute atomic E-state index is 13.0. The third kappa shape index (κ3) is 4.92. The van der Waals surface area contributed by atoms with Crippen molar-refractivity contribution in [2.75, 3.05) is 26.5 Å². The third-order valence-corrected chi connectivity index (χ3v) is 2.10. The Labute approximate surface area is 115 Å². The maximum atomic E-state index is 13.0. The first-order chi connectivity index (χ1) is 9.42. The minimum atomic E-state index is -0.722. The molecular formula is C12H16FN4O3+. The van der Waals surface area contributed by atoms with Crippen molar-refractivity contribution >= 4 is 23.8 Å². The van der Waals surface area contributed by atoms with Crippen molar-refractivity contribution in [1.82, 2.24) is 10.6 Å². The first kappa shape index (κ1) is 15.4. The Bertz CT molecular complexity index is 541. The number of hydrogen-bond donors (Lipinski definition) is 3. The van der Waals surface area contributed by atoms with Crippen LogP contribution in [0.1, 0.15) is 0 Å². The molecule has 3 amide bonds. The molecule has 0 spiro atoms. The largest absolute Gasteiger partial charge is 0.461 e. The minimum absolute atomic E-state index is 0.0711. The van der Waals surface area contributed by atoms with Gasteiger partial charge in [-0.1, -0.05) is 6.07 Å². The summed E-state index contributed by atoms with van der Waals surface area (Å²) in [4.78, 5) is 22.8. The van der Waals surface area contributed by atoms with Gasteiger partial charge in [0.15, 0.2) is 0 Å². The van der Waals surface area contributed by atoms with Crippen molar-refractivity contribution in [2.45, 2.75) is 0 Å². The smallest absolute Gasteiger partial charge is 0.340 e. The standard InChI is InChI=1S/C12H15FN4O3/c1-14-12(19)20-11(17(2)3)16-10(18)15-9-6-4-5-8(13)7-9/h4-7H,1-3H3,(H2,14,15,18,19)/p+1. The second-order valence-corrected chi connectivity index (χ2v) is 3.93. The lowest BCUT2D eigenvalue weighted by atomic mass is 10.3. The van der Waals surface area contributed by atoms with E-state index in [0.29, 0.717) is 0 Å². The van der Waals surface area contributed by atoms with Crippen LogP contribution in [0.4, 0.5) is 19.7 Å². The Morgan fingerprint density at radius 2 is 2.00 bits per heavy atom. The van der Waals surface area contributed by atoms with Gasteiger partial charge in [-0.15, -0.1) is 0 Å². The summed E-state index contributed by atoms with van der Waals surface area (Å²) in [6.07, 6.45) is -0.722. The van der Waals surface area contributed by atoms with Gasteiger partial charge in [-0.05, 0) is 18.2 Å². The van der Waals surface area contributed by atoms with Crippen molar-refractivity contribution in [2.24, 2.45) is 0 Å². The van der Waals surface area contributed by atoms with E-state index in [9.17, 15) is 14.0 Å². The second kappa shape index (κ2) is 7.07. The fourth-order valence-corrected chi connectivity index (χ4v) is 1.19. The van der Waals surface area contributed by atoms with Crippen LogP contribution in [0.3, 0.4) is 0 Å². The van der Waals surface area contributed by atoms with Crippen LogP contribution in [-0.4, -0.2) is 43.9 Å². The van der Waals surface area contributed by atoms with Crippen molar-refractivity contribution in [3.63, 3.8) is 0 Å². The molecule has 0 aliphatic heterocycles. The molecule has 3 N–H and O–H groups in total. The number of nitrogens with one attached hydrogen (secondary N) is 3. The quantitative estimate of drug-likeness (QED) is 0.407. The summed E-state index contributed by atoms with van der Waals surface area (Å²) in [7, 11) is 4.56. The highest BCUT2D eigenvalue weighted by Crippen LogP contribution is 2.08. The van der Waals surface area contributed by atoms with Gasteiger partial charge in [0.1, 0.15) is 5.82 Å². The molecule has 108 valence electrons. The van der Waals surface area contributed by atoms with Gasteiger partial charge in [-0.25, -0.2) is 18.6 Å². The number of urea groups is 1. The zero-order valence-corrected chi connectivity index (χ0v) is 11.4. The molecule has 1 rings (SSSR count). The highest BCUT2D eigenvalue weighted by molar-refractivity contribution is 6.01. The molecule has 0 atom stereocenters. The lowest BCUT2D eigenvalue weighted by Gasteiger charge is -2.06. The molecule has 0 unspecified atom stereocenters. The van der Waals surface area contributed by atoms with Gasteiger partial charge in [0.2, 0.25) is 0 Å². The lowest BCUT2D eigenvalue weighted by Crippen LogP contribution is -2.42. The fraction of sp³-hybridized carbons (Fsp3) is 0.250. The summed E-state index contributed by atoms with van der Waals surface area (Å²) in [5.41, 5.74) is 0.278. The highest BCUT2D eigenvalue weighted by atomic mass is 19.1. The Morgan fingerprint density at radius 1 is 1.30 bits per heavy atom. The Morgan fingerprint density at radius 3 is 2.55 bits per heavy atom. The second-order valence-electron chi connectivity index (χ2n) is 3.93. The van der Waals surface area contributed by atoms with Crippen LogP contribution in [0.25, 0.3) is 0 Å². The van der Waals surface area contributed by atoms with Gasteiger partial charge in [0, 0.05) is 12.7 Å². The number of anilines is 1. The van der Waals surface area contributed by atoms with E-state index in [-0.39, 0.29) is 11.7 Å². The summed E-state index contributed by atoms with van der Waals surface area (Å²) in [6.45, 7) is 0. The Balaban J connectivity index is 2.68. The van der Waals surface area contributed by atoms with E-state index in [4.69, 9.17) is 4.74 Å². The van der Waals surface area contributed by atoms with Gasteiger partial charge in [-0.2, -0.15) is 5.32 Å². The number of carbonyl (C=O) groups excluding carboxylic acids is 2. The number of hydrogen-bond acceptors (Lipinski definition) is 3. The molecule has 0 fully saturated rings. The lowest BCUT2D eigenvalue weighted by molar-refractivity contribution is -0.474. The van der Waals surface area contributed by atoms with Gasteiger partial charge in [0.25, 0.3) is 0 Å². The maximum Gasteiger partial charge on any atom is 0.461 e. The Kier molecular flexibility index (Phi) is 5.45. The molecule has 8 heteroatoms. The number of benzene rings is 1. The first-order valence-electron chi connectivity index (χ1n) is 5.69. The van der Waals surface area contributed by atoms with E-state index in [0.717, 1.165) is 6.07 Å². The number of nitrogens with zero attached hydrogens (tertiary/aromatic N) is 1. The number of halogens is 1. The summed E-state index contributed by atoms with van der Waals surface area (Å²) < 4.78 is 19.2. The van der Waals surface area contributed by atoms with Crippen molar-refractivity contribution in [3.05, 3.63) is 30.1 Å². The SMILES string of the molecule is CNC(=O)OC(NC(=O)Nc1cccc(F)c1)=[N+](C)C. The highest BCUT2D eigenvalue weighted by Gasteiger charge is 2.19. The number of ether oxygens (including phenoxy) is 1. The number of carbonyl (C=O) groups is 2. The van der Waals surface area contributed by atoms with Crippen LogP contribution in [0.15, 0.2) is 24.3 Å². The van der Waals surface area contributed by atoms with E-state index in [2.05, 4.69) is 16.0 Å². The molecule has 0 saturated heterocycles. The summed E-state index contributed by atoms with van der Waals surface area (Å²) in [6, 6.07) is 4.67. The van der Waals surface area contributed by atoms with E-state index in [1.807, 2.05) is 0 Å². The molecule has 1 aromatic rings. The molecule has 1 aromatic carbocycles. The minimum Gasteiger partial charge on any atom is -0.340 e. The zero-order chi connectivity index (χ0) is 15.1. The number of rotatable bonds is 1. The third-order valence-electron chi connectivity index (χ3n) is 2.10. The van der Waals surface area contributed by atoms with Crippen molar-refractivity contribution in [1.29, 1.82) is 0 Å². The normalized spacial score (nSPS) is 9.40. The topological polar surface area (TPSA) is 82.5 Å². The summed E-state index contributed by atoms with van der Waals surface area (Å²) in [5, 5.41) is 7.00. The average molecular weight is 283 g/mol. The monoisotopic (exact) mass is 283 g/mol. The zero-order valence-electron chi connectivity index (χ0n) is 11.4. The van der Waals surface area contributed by atoms with E-state index in [1.165, 1.54) is 29.8 Å². The summed E-state index contributed by atoms with van der Waals surface area (Å²) in [5.74, 6) is -0.471. The molecule has 20 heavy (non-hydrogen) atoms. The molecule has 7 nitrogen and oxygen atoms in total. The van der Waals surface area contributed by atoms with Crippen molar-refractivity contribution < 1.29 is 23.3 Å². The van der Waals surface area contributed by atoms with E-state index < -0.39 is 17.9 Å². The number of amides is 3. The molecule has 0 saturated carbocycles. The van der Waals surface area contributed by atoms with Gasteiger partial charge in [-0.3, -0.25) is 5.32 Å². The van der Waals surface area contributed by atoms with E-state index in [1.54, 1.807) is 14.1 Å². The molecule has 0 radical (unpaired) electrons. The first-order valence-corrected chi connectivity index (χ1v) is 5.69. The molecule has 0 bridgehead atoms. The molecular weight excluding hydrogens is 267 g/mol. The number of amidine groups is 1. The van der Waals surface area contributed by atoms with Crippen LogP contribution < -0.4 is 16.0 Å². The van der Waals surface area contributed by atoms with Crippen LogP contribution in [-0.2, 0) is 4.74 Å². The predicted octanol–water partition coefficient (Wildman–Crippen LogP) is 0.931. The van der Waals surface area contributed by atoms with Crippen LogP contribution in [0.2, 0.25) is 0 Å². The molecule has 0 aliphatic carbocycles. The van der Waals surface area contributed by atoms with Gasteiger partial charge >= 0.3 is 18.1 Å². The van der Waals surface area contributed by atoms with E-state index >= 15 is 0 Å². The molecule has 0 heterocycles. The molecule has 0 aromatic heterocycles. The van der Waals surface area contributed by atoms with Crippen LogP contribution >= 0.6 is 0 Å².